The summed E-state index contributed by atoms with van der Waals surface area (Å²) in [7, 11) is 0. The third-order valence-electron chi connectivity index (χ3n) is 5.90. The van der Waals surface area contributed by atoms with E-state index >= 15 is 0 Å². The van der Waals surface area contributed by atoms with Crippen LogP contribution in [-0.4, -0.2) is 0 Å². The van der Waals surface area contributed by atoms with E-state index < -0.39 is 0 Å². The van der Waals surface area contributed by atoms with Gasteiger partial charge in [-0.3, -0.25) is 0 Å². The molecule has 1 aliphatic carbocycles. The van der Waals surface area contributed by atoms with Crippen molar-refractivity contribution in [3.05, 3.63) is 70.8 Å². The summed E-state index contributed by atoms with van der Waals surface area (Å²) in [5, 5.41) is 9.15. The predicted octanol–water partition coefficient (Wildman–Crippen LogP) is 6.54. The number of hydrogen-bond donors (Lipinski definition) is 0. The number of ether oxygens (including phenoxy) is 1. The van der Waals surface area contributed by atoms with Crippen molar-refractivity contribution < 1.29 is 4.74 Å². The molecule has 3 rings (SSSR count). The van der Waals surface area contributed by atoms with E-state index in [1.165, 1.54) is 11.1 Å². The summed E-state index contributed by atoms with van der Waals surface area (Å²) in [6, 6.07) is 16.9. The molecule has 140 valence electrons. The van der Waals surface area contributed by atoms with E-state index in [9.17, 15) is 0 Å². The number of nitrogens with zero attached hydrogens (tertiary/aromatic N) is 1. The van der Waals surface area contributed by atoms with Gasteiger partial charge in [0.1, 0.15) is 12.4 Å². The maximum atomic E-state index is 9.15. The lowest BCUT2D eigenvalue weighted by atomic mass is 9.62. The number of nitriles is 1. The highest BCUT2D eigenvalue weighted by Gasteiger charge is 2.38. The summed E-state index contributed by atoms with van der Waals surface area (Å²) in [4.78, 5) is 0. The first-order valence-electron chi connectivity index (χ1n) is 9.67. The summed E-state index contributed by atoms with van der Waals surface area (Å²) in [5.41, 5.74) is 6.12. The molecule has 27 heavy (non-hydrogen) atoms. The van der Waals surface area contributed by atoms with Crippen LogP contribution < -0.4 is 4.74 Å². The van der Waals surface area contributed by atoms with E-state index in [0.717, 1.165) is 35.3 Å². The van der Waals surface area contributed by atoms with Crippen molar-refractivity contribution in [1.29, 1.82) is 5.26 Å². The molecular weight excluding hydrogens is 330 g/mol. The first kappa shape index (κ1) is 19.2. The average molecular weight is 360 g/mol. The third kappa shape index (κ3) is 3.93. The van der Waals surface area contributed by atoms with Crippen molar-refractivity contribution >= 4 is 5.57 Å². The van der Waals surface area contributed by atoms with Gasteiger partial charge in [0.05, 0.1) is 6.07 Å². The molecule has 2 nitrogen and oxygen atoms in total. The topological polar surface area (TPSA) is 33.0 Å². The van der Waals surface area contributed by atoms with Crippen LogP contribution in [0.25, 0.3) is 5.57 Å². The third-order valence-corrected chi connectivity index (χ3v) is 5.90. The van der Waals surface area contributed by atoms with E-state index in [1.807, 2.05) is 25.1 Å². The fourth-order valence-electron chi connectivity index (χ4n) is 3.93. The van der Waals surface area contributed by atoms with Crippen LogP contribution in [0, 0.1) is 11.3 Å². The van der Waals surface area contributed by atoms with Gasteiger partial charge in [-0.25, -0.2) is 0 Å². The Balaban J connectivity index is 2.10. The molecule has 0 spiro atoms. The fourth-order valence-corrected chi connectivity index (χ4v) is 3.93. The Morgan fingerprint density at radius 2 is 1.63 bits per heavy atom. The molecule has 0 radical (unpaired) electrons. The van der Waals surface area contributed by atoms with Gasteiger partial charge in [-0.2, -0.15) is 5.26 Å². The lowest BCUT2D eigenvalue weighted by Crippen LogP contribution is -2.34. The van der Waals surface area contributed by atoms with Crippen LogP contribution in [0.15, 0.2) is 48.5 Å². The second-order valence-electron chi connectivity index (χ2n) is 8.89. The van der Waals surface area contributed by atoms with E-state index in [0.29, 0.717) is 6.61 Å². The largest absolute Gasteiger partial charge is 0.488 e. The molecule has 0 aromatic heterocycles. The molecule has 2 aromatic carbocycles. The van der Waals surface area contributed by atoms with Crippen LogP contribution in [-0.2, 0) is 17.4 Å². The second-order valence-corrected chi connectivity index (χ2v) is 8.89. The summed E-state index contributed by atoms with van der Waals surface area (Å²) >= 11 is 0. The van der Waals surface area contributed by atoms with Gasteiger partial charge in [0, 0.05) is 11.6 Å². The minimum absolute atomic E-state index is 0.126. The molecule has 2 aromatic rings. The monoisotopic (exact) mass is 359 g/mol. The van der Waals surface area contributed by atoms with Gasteiger partial charge in [0.25, 0.3) is 0 Å². The van der Waals surface area contributed by atoms with Crippen molar-refractivity contribution in [2.45, 2.75) is 64.9 Å². The smallest absolute Gasteiger partial charge is 0.127 e. The number of fused-ring (bicyclic) bond motifs is 1. The first-order chi connectivity index (χ1) is 12.7. The van der Waals surface area contributed by atoms with Crippen molar-refractivity contribution in [2.24, 2.45) is 0 Å². The molecular formula is C25H29NO. The maximum Gasteiger partial charge on any atom is 0.127 e. The summed E-state index contributed by atoms with van der Waals surface area (Å²) in [6.07, 6.45) is 3.94. The van der Waals surface area contributed by atoms with Crippen LogP contribution in [0.1, 0.15) is 69.7 Å². The molecule has 0 aliphatic heterocycles. The Labute approximate surface area is 163 Å². The van der Waals surface area contributed by atoms with Crippen LogP contribution in [0.3, 0.4) is 0 Å². The Hall–Kier alpha value is -2.53. The average Bonchev–Trinajstić information content (AvgIpc) is 2.64. The molecule has 0 atom stereocenters. The predicted molar refractivity (Wildman–Crippen MR) is 112 cm³/mol. The summed E-state index contributed by atoms with van der Waals surface area (Å²) in [6.45, 7) is 11.8. The molecule has 0 amide bonds. The quantitative estimate of drug-likeness (QED) is 0.581. The minimum atomic E-state index is 0.126. The van der Waals surface area contributed by atoms with Crippen LogP contribution in [0.5, 0.6) is 5.75 Å². The zero-order valence-corrected chi connectivity index (χ0v) is 17.1. The van der Waals surface area contributed by atoms with E-state index in [-0.39, 0.29) is 10.8 Å². The number of rotatable bonds is 4. The zero-order valence-electron chi connectivity index (χ0n) is 17.1. The normalized spacial score (nSPS) is 17.7. The van der Waals surface area contributed by atoms with Crippen LogP contribution >= 0.6 is 0 Å². The molecule has 0 unspecified atom stereocenters. The Bertz CT molecular complexity index is 898. The van der Waals surface area contributed by atoms with Gasteiger partial charge in [-0.05, 0) is 65.0 Å². The Morgan fingerprint density at radius 1 is 1.04 bits per heavy atom. The standard InChI is InChI=1S/C25H29NO/c1-18(11-14-26)20-15-21-22(25(4,5)13-12-24(21,2)3)16-23(20)27-17-19-9-7-6-8-10-19/h6-11,15-16H,12-13,17H2,1-5H3/b18-11-. The summed E-state index contributed by atoms with van der Waals surface area (Å²) < 4.78 is 6.27. The SMILES string of the molecule is C/C(=C/C#N)c1cc2c(cc1OCc1ccccc1)C(C)(C)CCC2(C)C. The van der Waals surface area contributed by atoms with Gasteiger partial charge >= 0.3 is 0 Å². The first-order valence-corrected chi connectivity index (χ1v) is 9.67. The molecule has 0 heterocycles. The van der Waals surface area contributed by atoms with Gasteiger partial charge in [0.2, 0.25) is 0 Å². The van der Waals surface area contributed by atoms with Crippen LogP contribution in [0.2, 0.25) is 0 Å². The van der Waals surface area contributed by atoms with Crippen molar-refractivity contribution in [3.63, 3.8) is 0 Å². The van der Waals surface area contributed by atoms with E-state index in [2.05, 4.69) is 58.0 Å². The highest BCUT2D eigenvalue weighted by molar-refractivity contribution is 5.73. The lowest BCUT2D eigenvalue weighted by molar-refractivity contribution is 0.298. The highest BCUT2D eigenvalue weighted by Crippen LogP contribution is 2.48. The second kappa shape index (κ2) is 7.24. The van der Waals surface area contributed by atoms with E-state index in [4.69, 9.17) is 10.00 Å². The zero-order chi connectivity index (χ0) is 19.7. The highest BCUT2D eigenvalue weighted by atomic mass is 16.5. The van der Waals surface area contributed by atoms with Gasteiger partial charge in [0.15, 0.2) is 0 Å². The van der Waals surface area contributed by atoms with Crippen molar-refractivity contribution in [1.82, 2.24) is 0 Å². The Morgan fingerprint density at radius 3 is 2.22 bits per heavy atom. The minimum Gasteiger partial charge on any atom is -0.488 e. The number of hydrogen-bond acceptors (Lipinski definition) is 2. The number of allylic oxidation sites excluding steroid dienone is 2. The van der Waals surface area contributed by atoms with Gasteiger partial charge in [-0.1, -0.05) is 58.0 Å². The lowest BCUT2D eigenvalue weighted by Gasteiger charge is -2.42. The molecule has 0 fully saturated rings. The van der Waals surface area contributed by atoms with Gasteiger partial charge < -0.3 is 4.74 Å². The number of benzene rings is 2. The molecule has 0 saturated carbocycles. The van der Waals surface area contributed by atoms with Crippen molar-refractivity contribution in [3.8, 4) is 11.8 Å². The molecule has 0 saturated heterocycles. The maximum absolute atomic E-state index is 9.15. The molecule has 0 N–H and O–H groups in total. The summed E-state index contributed by atoms with van der Waals surface area (Å²) in [5.74, 6) is 0.868. The van der Waals surface area contributed by atoms with E-state index in [1.54, 1.807) is 6.08 Å². The molecule has 1 aliphatic rings. The fraction of sp³-hybridized carbons (Fsp3) is 0.400. The van der Waals surface area contributed by atoms with Crippen molar-refractivity contribution in [2.75, 3.05) is 0 Å². The van der Waals surface area contributed by atoms with Crippen LogP contribution in [0.4, 0.5) is 0 Å². The Kier molecular flexibility index (Phi) is 5.16. The molecule has 0 bridgehead atoms. The van der Waals surface area contributed by atoms with Gasteiger partial charge in [-0.15, -0.1) is 0 Å². The molecule has 2 heteroatoms.